The van der Waals surface area contributed by atoms with E-state index in [1.807, 2.05) is 25.7 Å². The average molecular weight is 167 g/mol. The topological polar surface area (TPSA) is 20.3 Å². The highest BCUT2D eigenvalue weighted by molar-refractivity contribution is 6.36. The third-order valence-electron chi connectivity index (χ3n) is 2.28. The Hall–Kier alpha value is -0.465. The molecule has 0 aromatic carbocycles. The summed E-state index contributed by atoms with van der Waals surface area (Å²) in [6, 6.07) is 0. The molecule has 2 nitrogen and oxygen atoms in total. The van der Waals surface area contributed by atoms with Gasteiger partial charge in [0.15, 0.2) is 0 Å². The van der Waals surface area contributed by atoms with Crippen molar-refractivity contribution >= 4 is 13.2 Å². The Bertz CT molecular complexity index is 168. The highest BCUT2D eigenvalue weighted by Gasteiger charge is 2.27. The van der Waals surface area contributed by atoms with Crippen LogP contribution in [0.3, 0.4) is 0 Å². The van der Waals surface area contributed by atoms with Crippen LogP contribution < -0.4 is 0 Å². The van der Waals surface area contributed by atoms with Gasteiger partial charge in [0.05, 0.1) is 0 Å². The molecule has 0 atom stereocenters. The second-order valence-electron chi connectivity index (χ2n) is 4.60. The summed E-state index contributed by atoms with van der Waals surface area (Å²) in [5.41, 5.74) is -0.197. The molecule has 1 amide bonds. The van der Waals surface area contributed by atoms with Crippen LogP contribution in [0, 0.1) is 5.41 Å². The molecule has 1 rings (SSSR count). The second kappa shape index (κ2) is 3.50. The molecule has 0 saturated carbocycles. The first kappa shape index (κ1) is 9.62. The molecule has 1 aliphatic heterocycles. The highest BCUT2D eigenvalue weighted by Crippen LogP contribution is 2.19. The van der Waals surface area contributed by atoms with Gasteiger partial charge in [-0.1, -0.05) is 33.4 Å². The lowest BCUT2D eigenvalue weighted by atomic mass is 9.68. The first-order valence-electron chi connectivity index (χ1n) is 4.81. The van der Waals surface area contributed by atoms with E-state index in [0.29, 0.717) is 5.91 Å². The summed E-state index contributed by atoms with van der Waals surface area (Å²) in [5.74, 6) is 0.308. The Morgan fingerprint density at radius 1 is 1.25 bits per heavy atom. The van der Waals surface area contributed by atoms with Crippen molar-refractivity contribution in [3.8, 4) is 0 Å². The van der Waals surface area contributed by atoms with E-state index >= 15 is 0 Å². The summed E-state index contributed by atoms with van der Waals surface area (Å²) in [7, 11) is 1.29. The van der Waals surface area contributed by atoms with Crippen LogP contribution in [0.15, 0.2) is 0 Å². The van der Waals surface area contributed by atoms with Gasteiger partial charge >= 0.3 is 0 Å². The van der Waals surface area contributed by atoms with Crippen molar-refractivity contribution in [2.24, 2.45) is 5.41 Å². The van der Waals surface area contributed by atoms with Crippen LogP contribution >= 0.6 is 0 Å². The van der Waals surface area contributed by atoms with Crippen molar-refractivity contribution in [1.29, 1.82) is 0 Å². The van der Waals surface area contributed by atoms with Gasteiger partial charge in [0.2, 0.25) is 5.91 Å². The number of carbonyl (C=O) groups excluding carboxylic acids is 1. The van der Waals surface area contributed by atoms with Crippen molar-refractivity contribution in [2.75, 3.05) is 13.1 Å². The SMILES string of the molecule is CC(C)(C)C(=O)N1CCBCC1. The van der Waals surface area contributed by atoms with E-state index in [9.17, 15) is 4.79 Å². The maximum atomic E-state index is 11.7. The lowest BCUT2D eigenvalue weighted by Gasteiger charge is -2.32. The number of nitrogens with zero attached hydrogens (tertiary/aromatic N) is 1. The Morgan fingerprint density at radius 3 is 2.17 bits per heavy atom. The third-order valence-corrected chi connectivity index (χ3v) is 2.28. The van der Waals surface area contributed by atoms with Crippen molar-refractivity contribution in [3.05, 3.63) is 0 Å². The van der Waals surface area contributed by atoms with Gasteiger partial charge in [-0.2, -0.15) is 0 Å². The average Bonchev–Trinajstić information content (AvgIpc) is 2.03. The van der Waals surface area contributed by atoms with Crippen molar-refractivity contribution in [2.45, 2.75) is 33.4 Å². The molecule has 0 aliphatic carbocycles. The molecule has 0 bridgehead atoms. The van der Waals surface area contributed by atoms with Gasteiger partial charge < -0.3 is 4.90 Å². The maximum absolute atomic E-state index is 11.7. The predicted octanol–water partition coefficient (Wildman–Crippen LogP) is 1.15. The standard InChI is InChI=1S/C9H18BNO/c1-9(2,3)8(12)11-6-4-10-5-7-11/h10H,4-7H2,1-3H3. The van der Waals surface area contributed by atoms with Gasteiger partial charge in [0.25, 0.3) is 0 Å². The molecule has 68 valence electrons. The Kier molecular flexibility index (Phi) is 2.81. The van der Waals surface area contributed by atoms with E-state index in [1.165, 1.54) is 19.9 Å². The molecule has 1 saturated heterocycles. The van der Waals surface area contributed by atoms with E-state index in [2.05, 4.69) is 0 Å². The zero-order valence-electron chi connectivity index (χ0n) is 8.39. The maximum Gasteiger partial charge on any atom is 0.227 e. The van der Waals surface area contributed by atoms with Crippen LogP contribution in [0.4, 0.5) is 0 Å². The fraction of sp³-hybridized carbons (Fsp3) is 0.889. The van der Waals surface area contributed by atoms with E-state index in [4.69, 9.17) is 0 Å². The van der Waals surface area contributed by atoms with Gasteiger partial charge in [-0.15, -0.1) is 0 Å². The minimum Gasteiger partial charge on any atom is -0.344 e. The minimum absolute atomic E-state index is 0.197. The normalized spacial score (nSPS) is 18.8. The Balaban J connectivity index is 2.51. The summed E-state index contributed by atoms with van der Waals surface area (Å²) in [6.07, 6.45) is 2.36. The third kappa shape index (κ3) is 2.26. The van der Waals surface area contributed by atoms with E-state index < -0.39 is 0 Å². The number of amides is 1. The molecule has 0 unspecified atom stereocenters. The molecule has 1 fully saturated rings. The molecule has 0 radical (unpaired) electrons. The summed E-state index contributed by atoms with van der Waals surface area (Å²) >= 11 is 0. The van der Waals surface area contributed by atoms with Crippen molar-refractivity contribution in [1.82, 2.24) is 4.90 Å². The quantitative estimate of drug-likeness (QED) is 0.495. The highest BCUT2D eigenvalue weighted by atomic mass is 16.2. The number of rotatable bonds is 0. The first-order valence-corrected chi connectivity index (χ1v) is 4.81. The van der Waals surface area contributed by atoms with Crippen LogP contribution in [0.5, 0.6) is 0 Å². The van der Waals surface area contributed by atoms with Crippen molar-refractivity contribution in [3.63, 3.8) is 0 Å². The van der Waals surface area contributed by atoms with Crippen LogP contribution in [-0.4, -0.2) is 31.2 Å². The van der Waals surface area contributed by atoms with Crippen LogP contribution in [0.1, 0.15) is 20.8 Å². The van der Waals surface area contributed by atoms with Crippen molar-refractivity contribution < 1.29 is 4.79 Å². The number of hydrogen-bond acceptors (Lipinski definition) is 1. The molecule has 3 heteroatoms. The largest absolute Gasteiger partial charge is 0.344 e. The van der Waals surface area contributed by atoms with E-state index in [0.717, 1.165) is 13.1 Å². The molecule has 0 spiro atoms. The zero-order chi connectivity index (χ0) is 9.19. The molecular weight excluding hydrogens is 149 g/mol. The second-order valence-corrected chi connectivity index (χ2v) is 4.60. The predicted molar refractivity (Wildman–Crippen MR) is 52.8 cm³/mol. The van der Waals surface area contributed by atoms with Crippen LogP contribution in [-0.2, 0) is 4.79 Å². The summed E-state index contributed by atoms with van der Waals surface area (Å²) < 4.78 is 0. The smallest absolute Gasteiger partial charge is 0.227 e. The number of carbonyl (C=O) groups is 1. The van der Waals surface area contributed by atoms with Crippen LogP contribution in [0.2, 0.25) is 12.6 Å². The fourth-order valence-electron chi connectivity index (χ4n) is 1.57. The summed E-state index contributed by atoms with van der Waals surface area (Å²) in [4.78, 5) is 13.7. The van der Waals surface area contributed by atoms with Gasteiger partial charge in [-0.3, -0.25) is 4.79 Å². The van der Waals surface area contributed by atoms with E-state index in [1.54, 1.807) is 0 Å². The van der Waals surface area contributed by atoms with Gasteiger partial charge in [0.1, 0.15) is 7.28 Å². The van der Waals surface area contributed by atoms with Gasteiger partial charge in [-0.25, -0.2) is 0 Å². The molecule has 0 aromatic rings. The molecule has 12 heavy (non-hydrogen) atoms. The van der Waals surface area contributed by atoms with Gasteiger partial charge in [0, 0.05) is 18.5 Å². The molecule has 0 N–H and O–H groups in total. The fourth-order valence-corrected chi connectivity index (χ4v) is 1.57. The summed E-state index contributed by atoms with van der Waals surface area (Å²) in [5, 5.41) is 0. The Morgan fingerprint density at radius 2 is 1.75 bits per heavy atom. The molecule has 1 heterocycles. The monoisotopic (exact) mass is 167 g/mol. The lowest BCUT2D eigenvalue weighted by Crippen LogP contribution is -2.43. The Labute approximate surface area is 75.6 Å². The summed E-state index contributed by atoms with van der Waals surface area (Å²) in [6.45, 7) is 7.91. The van der Waals surface area contributed by atoms with E-state index in [-0.39, 0.29) is 5.41 Å². The molecule has 1 aliphatic rings. The first-order chi connectivity index (χ1) is 5.52. The minimum atomic E-state index is -0.197. The number of hydrogen-bond donors (Lipinski definition) is 0. The van der Waals surface area contributed by atoms with Gasteiger partial charge in [-0.05, 0) is 0 Å². The molecule has 0 aromatic heterocycles. The lowest BCUT2D eigenvalue weighted by molar-refractivity contribution is -0.139. The van der Waals surface area contributed by atoms with Crippen LogP contribution in [0.25, 0.3) is 0 Å². The molecular formula is C9H18BNO. The zero-order valence-corrected chi connectivity index (χ0v) is 8.39.